The Morgan fingerprint density at radius 2 is 2.05 bits per heavy atom. The third kappa shape index (κ3) is 2.81. The standard InChI is InChI=1S/C16H13ClFN3/c1-10(11-4-2-3-5-13(11)18)20-14-8-16(17)21-15-9-19-7-6-12(14)15/h2-10H,1H3,(H,20,21). The van der Waals surface area contributed by atoms with Gasteiger partial charge in [0.05, 0.1) is 17.8 Å². The smallest absolute Gasteiger partial charge is 0.131 e. The molecule has 0 saturated heterocycles. The second-order valence-electron chi connectivity index (χ2n) is 4.77. The van der Waals surface area contributed by atoms with Crippen molar-refractivity contribution in [2.24, 2.45) is 0 Å². The van der Waals surface area contributed by atoms with Gasteiger partial charge in [0.15, 0.2) is 0 Å². The van der Waals surface area contributed by atoms with Crippen LogP contribution < -0.4 is 5.32 Å². The molecular weight excluding hydrogens is 289 g/mol. The van der Waals surface area contributed by atoms with Gasteiger partial charge in [-0.15, -0.1) is 0 Å². The van der Waals surface area contributed by atoms with Gasteiger partial charge >= 0.3 is 0 Å². The minimum Gasteiger partial charge on any atom is -0.378 e. The number of nitrogens with one attached hydrogen (secondary N) is 1. The first-order valence-corrected chi connectivity index (χ1v) is 6.94. The van der Waals surface area contributed by atoms with Crippen LogP contribution in [0.5, 0.6) is 0 Å². The fourth-order valence-corrected chi connectivity index (χ4v) is 2.50. The average molecular weight is 302 g/mol. The molecule has 0 amide bonds. The van der Waals surface area contributed by atoms with Crippen LogP contribution in [0.1, 0.15) is 18.5 Å². The number of nitrogens with zero attached hydrogens (tertiary/aromatic N) is 2. The van der Waals surface area contributed by atoms with Gasteiger partial charge in [0.2, 0.25) is 0 Å². The number of anilines is 1. The van der Waals surface area contributed by atoms with E-state index in [-0.39, 0.29) is 11.9 Å². The highest BCUT2D eigenvalue weighted by Crippen LogP contribution is 2.28. The minimum atomic E-state index is -0.233. The van der Waals surface area contributed by atoms with Crippen LogP contribution in [0.3, 0.4) is 0 Å². The number of hydrogen-bond acceptors (Lipinski definition) is 3. The zero-order valence-corrected chi connectivity index (χ0v) is 12.1. The van der Waals surface area contributed by atoms with Crippen molar-refractivity contribution < 1.29 is 4.39 Å². The second-order valence-corrected chi connectivity index (χ2v) is 5.16. The van der Waals surface area contributed by atoms with E-state index in [0.717, 1.165) is 11.1 Å². The predicted molar refractivity (Wildman–Crippen MR) is 83.0 cm³/mol. The van der Waals surface area contributed by atoms with E-state index < -0.39 is 0 Å². The van der Waals surface area contributed by atoms with Crippen molar-refractivity contribution in [3.05, 3.63) is 65.3 Å². The Morgan fingerprint density at radius 1 is 1.24 bits per heavy atom. The normalized spacial score (nSPS) is 12.3. The Hall–Kier alpha value is -2.20. The number of aromatic nitrogens is 2. The van der Waals surface area contributed by atoms with E-state index in [0.29, 0.717) is 16.2 Å². The van der Waals surface area contributed by atoms with Crippen LogP contribution in [0.25, 0.3) is 10.9 Å². The maximum absolute atomic E-state index is 13.8. The van der Waals surface area contributed by atoms with Crippen molar-refractivity contribution in [1.29, 1.82) is 0 Å². The van der Waals surface area contributed by atoms with E-state index in [1.807, 2.05) is 19.1 Å². The molecule has 3 aromatic rings. The van der Waals surface area contributed by atoms with Gasteiger partial charge in [-0.3, -0.25) is 4.98 Å². The molecule has 0 fully saturated rings. The molecule has 106 valence electrons. The summed E-state index contributed by atoms with van der Waals surface area (Å²) < 4.78 is 13.8. The Bertz CT molecular complexity index is 791. The number of fused-ring (bicyclic) bond motifs is 1. The Kier molecular flexibility index (Phi) is 3.71. The largest absolute Gasteiger partial charge is 0.378 e. The summed E-state index contributed by atoms with van der Waals surface area (Å²) in [5, 5.41) is 4.56. The molecule has 0 radical (unpaired) electrons. The first-order valence-electron chi connectivity index (χ1n) is 6.56. The molecule has 2 heterocycles. The van der Waals surface area contributed by atoms with Crippen LogP contribution in [0.4, 0.5) is 10.1 Å². The van der Waals surface area contributed by atoms with Gasteiger partial charge in [-0.1, -0.05) is 29.8 Å². The summed E-state index contributed by atoms with van der Waals surface area (Å²) in [4.78, 5) is 8.26. The van der Waals surface area contributed by atoms with Crippen LogP contribution in [-0.4, -0.2) is 9.97 Å². The zero-order valence-electron chi connectivity index (χ0n) is 11.3. The first-order chi connectivity index (χ1) is 10.1. The van der Waals surface area contributed by atoms with Crippen molar-refractivity contribution in [3.8, 4) is 0 Å². The highest BCUT2D eigenvalue weighted by molar-refractivity contribution is 6.30. The van der Waals surface area contributed by atoms with Crippen molar-refractivity contribution in [3.63, 3.8) is 0 Å². The molecule has 1 N–H and O–H groups in total. The molecule has 2 aromatic heterocycles. The van der Waals surface area contributed by atoms with Crippen molar-refractivity contribution in [2.75, 3.05) is 5.32 Å². The number of pyridine rings is 2. The van der Waals surface area contributed by atoms with Gasteiger partial charge in [0.1, 0.15) is 11.0 Å². The van der Waals surface area contributed by atoms with E-state index in [1.54, 1.807) is 30.6 Å². The Balaban J connectivity index is 2.00. The molecule has 1 unspecified atom stereocenters. The van der Waals surface area contributed by atoms with Crippen LogP contribution in [-0.2, 0) is 0 Å². The quantitative estimate of drug-likeness (QED) is 0.719. The fraction of sp³-hybridized carbons (Fsp3) is 0.125. The van der Waals surface area contributed by atoms with Crippen molar-refractivity contribution in [2.45, 2.75) is 13.0 Å². The summed E-state index contributed by atoms with van der Waals surface area (Å²) in [5.41, 5.74) is 2.11. The lowest BCUT2D eigenvalue weighted by Crippen LogP contribution is -2.09. The summed E-state index contributed by atoms with van der Waals surface area (Å²) in [5.74, 6) is -0.233. The molecule has 0 spiro atoms. The van der Waals surface area contributed by atoms with Crippen LogP contribution in [0.2, 0.25) is 5.15 Å². The van der Waals surface area contributed by atoms with Crippen molar-refractivity contribution in [1.82, 2.24) is 9.97 Å². The molecule has 0 aliphatic heterocycles. The van der Waals surface area contributed by atoms with Crippen LogP contribution in [0.15, 0.2) is 48.8 Å². The molecule has 0 aliphatic carbocycles. The Labute approximate surface area is 126 Å². The van der Waals surface area contributed by atoms with E-state index >= 15 is 0 Å². The summed E-state index contributed by atoms with van der Waals surface area (Å²) in [6, 6.07) is 10.1. The molecule has 3 nitrogen and oxygen atoms in total. The van der Waals surface area contributed by atoms with Crippen LogP contribution >= 0.6 is 11.6 Å². The van der Waals surface area contributed by atoms with E-state index in [2.05, 4.69) is 15.3 Å². The summed E-state index contributed by atoms with van der Waals surface area (Å²) in [6.45, 7) is 1.90. The SMILES string of the molecule is CC(Nc1cc(Cl)nc2cnccc12)c1ccccc1F. The lowest BCUT2D eigenvalue weighted by molar-refractivity contribution is 0.600. The molecular formula is C16H13ClFN3. The summed E-state index contributed by atoms with van der Waals surface area (Å²) in [7, 11) is 0. The van der Waals surface area contributed by atoms with Crippen molar-refractivity contribution >= 4 is 28.2 Å². The second kappa shape index (κ2) is 5.66. The molecule has 5 heteroatoms. The summed E-state index contributed by atoms with van der Waals surface area (Å²) in [6.07, 6.45) is 3.34. The van der Waals surface area contributed by atoms with Gasteiger partial charge in [0.25, 0.3) is 0 Å². The summed E-state index contributed by atoms with van der Waals surface area (Å²) >= 11 is 6.03. The van der Waals surface area contributed by atoms with E-state index in [1.165, 1.54) is 6.07 Å². The third-order valence-corrected chi connectivity index (χ3v) is 3.52. The monoisotopic (exact) mass is 301 g/mol. The molecule has 0 saturated carbocycles. The molecule has 1 aromatic carbocycles. The maximum atomic E-state index is 13.8. The third-order valence-electron chi connectivity index (χ3n) is 3.32. The lowest BCUT2D eigenvalue weighted by atomic mass is 10.1. The van der Waals surface area contributed by atoms with Gasteiger partial charge in [-0.25, -0.2) is 9.37 Å². The highest BCUT2D eigenvalue weighted by atomic mass is 35.5. The lowest BCUT2D eigenvalue weighted by Gasteiger charge is -2.18. The predicted octanol–water partition coefficient (Wildman–Crippen LogP) is 4.60. The van der Waals surface area contributed by atoms with Gasteiger partial charge < -0.3 is 5.32 Å². The average Bonchev–Trinajstić information content (AvgIpc) is 2.47. The number of hydrogen-bond donors (Lipinski definition) is 1. The number of halogens is 2. The Morgan fingerprint density at radius 3 is 2.86 bits per heavy atom. The zero-order chi connectivity index (χ0) is 14.8. The highest BCUT2D eigenvalue weighted by Gasteiger charge is 2.12. The molecule has 3 rings (SSSR count). The topological polar surface area (TPSA) is 37.8 Å². The van der Waals surface area contributed by atoms with Crippen LogP contribution in [0, 0.1) is 5.82 Å². The first kappa shape index (κ1) is 13.8. The van der Waals surface area contributed by atoms with Gasteiger partial charge in [-0.05, 0) is 25.1 Å². The van der Waals surface area contributed by atoms with E-state index in [9.17, 15) is 4.39 Å². The fourth-order valence-electron chi connectivity index (χ4n) is 2.30. The number of rotatable bonds is 3. The van der Waals surface area contributed by atoms with Gasteiger partial charge in [-0.2, -0.15) is 0 Å². The number of benzene rings is 1. The maximum Gasteiger partial charge on any atom is 0.131 e. The minimum absolute atomic E-state index is 0.193. The van der Waals surface area contributed by atoms with Gasteiger partial charge in [0, 0.05) is 22.8 Å². The molecule has 0 aliphatic rings. The molecule has 0 bridgehead atoms. The molecule has 1 atom stereocenters. The van der Waals surface area contributed by atoms with E-state index in [4.69, 9.17) is 11.6 Å². The molecule has 21 heavy (non-hydrogen) atoms.